The van der Waals surface area contributed by atoms with Gasteiger partial charge in [0.1, 0.15) is 12.4 Å². The Bertz CT molecular complexity index is 769. The predicted molar refractivity (Wildman–Crippen MR) is 141 cm³/mol. The molecule has 0 aliphatic heterocycles. The number of aliphatic hydroxyl groups excluding tert-OH is 1. The van der Waals surface area contributed by atoms with Crippen molar-refractivity contribution in [1.29, 1.82) is 0 Å². The first-order valence-electron chi connectivity index (χ1n) is 12.9. The molecule has 5 nitrogen and oxygen atoms in total. The average molecular weight is 491 g/mol. The van der Waals surface area contributed by atoms with Crippen molar-refractivity contribution in [3.63, 3.8) is 0 Å². The zero-order valence-electron chi connectivity index (χ0n) is 21.9. The number of aliphatic hydroxyl groups is 1. The summed E-state index contributed by atoms with van der Waals surface area (Å²) in [5.41, 5.74) is 1.35. The molecule has 34 heavy (non-hydrogen) atoms. The van der Waals surface area contributed by atoms with Crippen molar-refractivity contribution in [3.8, 4) is 5.75 Å². The van der Waals surface area contributed by atoms with Crippen LogP contribution in [0.3, 0.4) is 0 Å². The van der Waals surface area contributed by atoms with Gasteiger partial charge in [-0.15, -0.1) is 0 Å². The summed E-state index contributed by atoms with van der Waals surface area (Å²) < 4.78 is 12.9. The smallest absolute Gasteiger partial charge is 0.303 e. The number of carboxylic acids is 1. The van der Waals surface area contributed by atoms with Crippen molar-refractivity contribution in [2.24, 2.45) is 5.92 Å². The van der Waals surface area contributed by atoms with Crippen LogP contribution in [0.4, 0.5) is 0 Å². The summed E-state index contributed by atoms with van der Waals surface area (Å²) in [5, 5.41) is 19.5. The Labute approximate surface area is 207 Å². The summed E-state index contributed by atoms with van der Waals surface area (Å²) in [6, 6.07) is 9.91. The zero-order valence-corrected chi connectivity index (χ0v) is 22.9. The molecule has 0 aromatic heterocycles. The molecule has 0 amide bonds. The number of carboxylic acid groups (broad SMARTS) is 1. The third-order valence-corrected chi connectivity index (χ3v) is 12.0. The maximum absolute atomic E-state index is 10.7. The summed E-state index contributed by atoms with van der Waals surface area (Å²) in [5.74, 6) is 0.354. The number of carbonyl (C=O) groups is 1. The minimum absolute atomic E-state index is 0.0106. The van der Waals surface area contributed by atoms with Gasteiger partial charge in [0.2, 0.25) is 0 Å². The number of hydrogen-bond acceptors (Lipinski definition) is 4. The maximum Gasteiger partial charge on any atom is 0.303 e. The van der Waals surface area contributed by atoms with E-state index < -0.39 is 14.3 Å². The van der Waals surface area contributed by atoms with E-state index in [9.17, 15) is 9.90 Å². The van der Waals surface area contributed by atoms with E-state index in [0.717, 1.165) is 57.1 Å². The molecule has 1 aromatic rings. The van der Waals surface area contributed by atoms with Gasteiger partial charge in [0, 0.05) is 12.3 Å². The Kier molecular flexibility index (Phi) is 11.3. The number of para-hydroxylation sites is 1. The average Bonchev–Trinajstić information content (AvgIpc) is 3.11. The molecule has 2 rings (SSSR count). The maximum atomic E-state index is 10.7. The van der Waals surface area contributed by atoms with Crippen LogP contribution in [-0.4, -0.2) is 43.3 Å². The normalized spacial score (nSPS) is 19.6. The van der Waals surface area contributed by atoms with Crippen LogP contribution in [0.15, 0.2) is 42.0 Å². The van der Waals surface area contributed by atoms with Crippen molar-refractivity contribution in [3.05, 3.63) is 42.0 Å². The fourth-order valence-corrected chi connectivity index (χ4v) is 5.67. The third kappa shape index (κ3) is 9.55. The molecule has 0 spiro atoms. The highest BCUT2D eigenvalue weighted by Gasteiger charge is 2.39. The van der Waals surface area contributed by atoms with Crippen LogP contribution in [0.25, 0.3) is 0 Å². The SMILES string of the molecule is CC(C)(C)[Si](C)(C)O[C@@H](CCC1=CC[C@H](O)[C@@H]1CCCCCCC(=O)O)COc1ccccc1. The van der Waals surface area contributed by atoms with Crippen molar-refractivity contribution in [1.82, 2.24) is 0 Å². The topological polar surface area (TPSA) is 76.0 Å². The van der Waals surface area contributed by atoms with Gasteiger partial charge in [-0.1, -0.05) is 69.9 Å². The van der Waals surface area contributed by atoms with Crippen LogP contribution in [0.1, 0.15) is 78.6 Å². The zero-order chi connectivity index (χ0) is 25.2. The van der Waals surface area contributed by atoms with Crippen LogP contribution in [-0.2, 0) is 9.22 Å². The molecule has 192 valence electrons. The molecule has 1 aromatic carbocycles. The lowest BCUT2D eigenvalue weighted by Gasteiger charge is -2.39. The number of rotatable bonds is 15. The molecular weight excluding hydrogens is 444 g/mol. The number of hydrogen-bond donors (Lipinski definition) is 2. The molecule has 0 unspecified atom stereocenters. The van der Waals surface area contributed by atoms with Crippen molar-refractivity contribution in [2.45, 2.75) is 109 Å². The van der Waals surface area contributed by atoms with Crippen molar-refractivity contribution < 1.29 is 24.2 Å². The largest absolute Gasteiger partial charge is 0.491 e. The van der Waals surface area contributed by atoms with Crippen molar-refractivity contribution >= 4 is 14.3 Å². The Balaban J connectivity index is 1.92. The van der Waals surface area contributed by atoms with Crippen LogP contribution in [0.5, 0.6) is 5.75 Å². The van der Waals surface area contributed by atoms with E-state index in [1.54, 1.807) is 0 Å². The van der Waals surface area contributed by atoms with E-state index in [0.29, 0.717) is 6.61 Å². The Hall–Kier alpha value is -1.63. The van der Waals surface area contributed by atoms with Gasteiger partial charge in [-0.25, -0.2) is 0 Å². The second kappa shape index (κ2) is 13.5. The van der Waals surface area contributed by atoms with Crippen molar-refractivity contribution in [2.75, 3.05) is 6.61 Å². The fourth-order valence-electron chi connectivity index (χ4n) is 4.30. The number of aliphatic carboxylic acids is 1. The number of ether oxygens (including phenoxy) is 1. The van der Waals surface area contributed by atoms with E-state index in [1.807, 2.05) is 30.3 Å². The highest BCUT2D eigenvalue weighted by atomic mass is 28.4. The molecule has 1 aliphatic carbocycles. The third-order valence-electron chi connectivity index (χ3n) is 7.42. The summed E-state index contributed by atoms with van der Waals surface area (Å²) in [4.78, 5) is 10.7. The molecule has 2 N–H and O–H groups in total. The van der Waals surface area contributed by atoms with Crippen LogP contribution in [0.2, 0.25) is 18.1 Å². The van der Waals surface area contributed by atoms with Crippen LogP contribution < -0.4 is 4.74 Å². The molecular formula is C28H46O5Si. The van der Waals surface area contributed by atoms with Crippen LogP contribution in [0, 0.1) is 5.92 Å². The van der Waals surface area contributed by atoms with E-state index in [4.69, 9.17) is 14.3 Å². The molecule has 1 aliphatic rings. The molecule has 0 radical (unpaired) electrons. The van der Waals surface area contributed by atoms with E-state index in [2.05, 4.69) is 39.9 Å². The lowest BCUT2D eigenvalue weighted by Crippen LogP contribution is -2.45. The van der Waals surface area contributed by atoms with Gasteiger partial charge >= 0.3 is 5.97 Å². The summed E-state index contributed by atoms with van der Waals surface area (Å²) >= 11 is 0. The Morgan fingerprint density at radius 1 is 1.12 bits per heavy atom. The molecule has 0 fully saturated rings. The fraction of sp³-hybridized carbons (Fsp3) is 0.679. The Morgan fingerprint density at radius 3 is 2.44 bits per heavy atom. The molecule has 0 heterocycles. The molecule has 3 atom stereocenters. The second-order valence-electron chi connectivity index (χ2n) is 11.2. The van der Waals surface area contributed by atoms with Gasteiger partial charge in [0.15, 0.2) is 8.32 Å². The summed E-state index contributed by atoms with van der Waals surface area (Å²) in [6.07, 6.45) is 9.40. The summed E-state index contributed by atoms with van der Waals surface area (Å²) in [6.45, 7) is 11.9. The number of unbranched alkanes of at least 4 members (excludes halogenated alkanes) is 3. The first kappa shape index (κ1) is 28.6. The second-order valence-corrected chi connectivity index (χ2v) is 16.0. The predicted octanol–water partition coefficient (Wildman–Crippen LogP) is 6.97. The molecule has 6 heteroatoms. The Morgan fingerprint density at radius 2 is 1.79 bits per heavy atom. The minimum Gasteiger partial charge on any atom is -0.491 e. The number of benzene rings is 1. The van der Waals surface area contributed by atoms with E-state index in [1.165, 1.54) is 5.57 Å². The van der Waals surface area contributed by atoms with Gasteiger partial charge in [-0.3, -0.25) is 4.79 Å². The minimum atomic E-state index is -1.95. The molecule has 0 saturated carbocycles. The van der Waals surface area contributed by atoms with Gasteiger partial charge < -0.3 is 19.4 Å². The first-order valence-corrected chi connectivity index (χ1v) is 15.8. The highest BCUT2D eigenvalue weighted by molar-refractivity contribution is 6.74. The lowest BCUT2D eigenvalue weighted by atomic mass is 9.89. The van der Waals surface area contributed by atoms with E-state index in [-0.39, 0.29) is 29.6 Å². The first-order chi connectivity index (χ1) is 16.0. The lowest BCUT2D eigenvalue weighted by molar-refractivity contribution is -0.137. The standard InChI is InChI=1S/C28H46O5Si/c1-28(2,3)34(4,5)33-24(21-32-23-13-9-8-10-14-23)19-17-22-18-20-26(29)25(22)15-11-6-7-12-16-27(30)31/h8-10,13-14,18,24-26,29H,6-7,11-12,15-17,19-21H2,1-5H3,(H,30,31)/t24-,25+,26-/m0/s1. The van der Waals surface area contributed by atoms with E-state index >= 15 is 0 Å². The van der Waals surface area contributed by atoms with Gasteiger partial charge in [0.25, 0.3) is 0 Å². The monoisotopic (exact) mass is 490 g/mol. The molecule has 0 bridgehead atoms. The van der Waals surface area contributed by atoms with Gasteiger partial charge in [0.05, 0.1) is 12.2 Å². The van der Waals surface area contributed by atoms with Gasteiger partial charge in [-0.05, 0) is 62.4 Å². The summed E-state index contributed by atoms with van der Waals surface area (Å²) in [7, 11) is -1.95. The van der Waals surface area contributed by atoms with Gasteiger partial charge in [-0.2, -0.15) is 0 Å². The van der Waals surface area contributed by atoms with Crippen LogP contribution >= 0.6 is 0 Å². The quantitative estimate of drug-likeness (QED) is 0.158. The molecule has 0 saturated heterocycles. The highest BCUT2D eigenvalue weighted by Crippen LogP contribution is 2.39.